The van der Waals surface area contributed by atoms with Crippen molar-refractivity contribution in [2.75, 3.05) is 31.1 Å². The van der Waals surface area contributed by atoms with E-state index in [0.717, 1.165) is 32.4 Å². The molecule has 21 heavy (non-hydrogen) atoms. The van der Waals surface area contributed by atoms with Gasteiger partial charge in [0.2, 0.25) is 0 Å². The molecule has 0 aromatic carbocycles. The van der Waals surface area contributed by atoms with Crippen molar-refractivity contribution in [2.45, 2.75) is 38.5 Å². The molecule has 0 bridgehead atoms. The van der Waals surface area contributed by atoms with Gasteiger partial charge in [-0.05, 0) is 43.4 Å². The number of amides is 2. The maximum atomic E-state index is 12.1. The molecule has 3 fully saturated rings. The van der Waals surface area contributed by atoms with E-state index in [-0.39, 0.29) is 18.3 Å². The lowest BCUT2D eigenvalue weighted by Crippen LogP contribution is -2.41. The van der Waals surface area contributed by atoms with Crippen molar-refractivity contribution in [1.82, 2.24) is 10.2 Å². The Bertz CT molecular complexity index is 475. The standard InChI is InChI=1S/C15H26N2O3S/c18-15(17-9-13-5-2-6-14(13)10-17)16-7-8-21(19,20)11-12-3-1-4-12/h12-14H,1-11H2,(H,16,18). The lowest BCUT2D eigenvalue weighted by molar-refractivity contribution is 0.205. The summed E-state index contributed by atoms with van der Waals surface area (Å²) in [5.41, 5.74) is 0. The molecule has 1 aliphatic heterocycles. The Morgan fingerprint density at radius 2 is 1.67 bits per heavy atom. The number of sulfone groups is 1. The van der Waals surface area contributed by atoms with Crippen LogP contribution in [0.4, 0.5) is 4.79 Å². The van der Waals surface area contributed by atoms with Crippen molar-refractivity contribution in [3.63, 3.8) is 0 Å². The van der Waals surface area contributed by atoms with Crippen LogP contribution in [-0.4, -0.2) is 50.5 Å². The molecular weight excluding hydrogens is 288 g/mol. The Kier molecular flexibility index (Phi) is 4.43. The summed E-state index contributed by atoms with van der Waals surface area (Å²) < 4.78 is 23.9. The number of hydrogen-bond donors (Lipinski definition) is 1. The highest BCUT2D eigenvalue weighted by atomic mass is 32.2. The summed E-state index contributed by atoms with van der Waals surface area (Å²) >= 11 is 0. The summed E-state index contributed by atoms with van der Waals surface area (Å²) in [6.07, 6.45) is 7.02. The van der Waals surface area contributed by atoms with Crippen LogP contribution in [0.25, 0.3) is 0 Å². The number of likely N-dealkylation sites (tertiary alicyclic amines) is 1. The molecule has 0 radical (unpaired) electrons. The molecule has 120 valence electrons. The van der Waals surface area contributed by atoms with E-state index in [0.29, 0.717) is 23.5 Å². The predicted molar refractivity (Wildman–Crippen MR) is 81.8 cm³/mol. The van der Waals surface area contributed by atoms with Gasteiger partial charge < -0.3 is 10.2 Å². The van der Waals surface area contributed by atoms with Crippen molar-refractivity contribution < 1.29 is 13.2 Å². The lowest BCUT2D eigenvalue weighted by atomic mass is 9.87. The predicted octanol–water partition coefficient (Wildman–Crippen LogP) is 1.64. The highest BCUT2D eigenvalue weighted by Crippen LogP contribution is 2.37. The van der Waals surface area contributed by atoms with Gasteiger partial charge in [-0.2, -0.15) is 0 Å². The molecule has 0 spiro atoms. The van der Waals surface area contributed by atoms with E-state index in [1.54, 1.807) is 0 Å². The molecule has 2 aliphatic carbocycles. The average Bonchev–Trinajstić information content (AvgIpc) is 2.94. The van der Waals surface area contributed by atoms with E-state index >= 15 is 0 Å². The molecule has 2 amide bonds. The van der Waals surface area contributed by atoms with Crippen LogP contribution in [0.3, 0.4) is 0 Å². The molecule has 0 aromatic heterocycles. The molecule has 2 unspecified atom stereocenters. The lowest BCUT2D eigenvalue weighted by Gasteiger charge is -2.25. The van der Waals surface area contributed by atoms with Crippen molar-refractivity contribution in [3.8, 4) is 0 Å². The largest absolute Gasteiger partial charge is 0.337 e. The van der Waals surface area contributed by atoms with Crippen LogP contribution in [0.1, 0.15) is 38.5 Å². The summed E-state index contributed by atoms with van der Waals surface area (Å²) in [5, 5.41) is 2.79. The number of fused-ring (bicyclic) bond motifs is 1. The van der Waals surface area contributed by atoms with Gasteiger partial charge in [0, 0.05) is 19.6 Å². The number of nitrogens with zero attached hydrogens (tertiary/aromatic N) is 1. The topological polar surface area (TPSA) is 66.5 Å². The Morgan fingerprint density at radius 3 is 2.24 bits per heavy atom. The average molecular weight is 314 g/mol. The second-order valence-corrected chi connectivity index (χ2v) is 9.23. The SMILES string of the molecule is O=C(NCCS(=O)(=O)CC1CCC1)N1CC2CCCC2C1. The zero-order valence-electron chi connectivity index (χ0n) is 12.6. The van der Waals surface area contributed by atoms with Crippen LogP contribution in [-0.2, 0) is 9.84 Å². The van der Waals surface area contributed by atoms with Crippen LogP contribution >= 0.6 is 0 Å². The summed E-state index contributed by atoms with van der Waals surface area (Å²) in [6, 6.07) is -0.0803. The third-order valence-electron chi connectivity index (χ3n) is 5.42. The first-order valence-electron chi connectivity index (χ1n) is 8.27. The molecule has 1 saturated heterocycles. The second kappa shape index (κ2) is 6.15. The van der Waals surface area contributed by atoms with E-state index < -0.39 is 9.84 Å². The number of rotatable bonds is 5. The first kappa shape index (κ1) is 15.1. The van der Waals surface area contributed by atoms with E-state index in [1.165, 1.54) is 19.3 Å². The fourth-order valence-electron chi connectivity index (χ4n) is 3.93. The molecule has 2 saturated carbocycles. The Balaban J connectivity index is 1.38. The highest BCUT2D eigenvalue weighted by Gasteiger charge is 2.37. The van der Waals surface area contributed by atoms with Gasteiger partial charge >= 0.3 is 6.03 Å². The molecule has 2 atom stereocenters. The second-order valence-electron chi connectivity index (χ2n) is 7.00. The number of hydrogen-bond acceptors (Lipinski definition) is 3. The number of carbonyl (C=O) groups excluding carboxylic acids is 1. The Labute approximate surface area is 127 Å². The first-order valence-corrected chi connectivity index (χ1v) is 10.1. The van der Waals surface area contributed by atoms with Crippen LogP contribution in [0.2, 0.25) is 0 Å². The number of nitrogens with one attached hydrogen (secondary N) is 1. The normalized spacial score (nSPS) is 29.2. The van der Waals surface area contributed by atoms with Crippen molar-refractivity contribution in [2.24, 2.45) is 17.8 Å². The maximum Gasteiger partial charge on any atom is 0.317 e. The third-order valence-corrected chi connectivity index (χ3v) is 7.22. The Hall–Kier alpha value is -0.780. The van der Waals surface area contributed by atoms with Crippen molar-refractivity contribution >= 4 is 15.9 Å². The minimum Gasteiger partial charge on any atom is -0.337 e. The zero-order chi connectivity index (χ0) is 14.9. The fourth-order valence-corrected chi connectivity index (χ4v) is 5.56. The van der Waals surface area contributed by atoms with Gasteiger partial charge in [-0.1, -0.05) is 12.8 Å². The fraction of sp³-hybridized carbons (Fsp3) is 0.933. The summed E-state index contributed by atoms with van der Waals surface area (Å²) in [5.74, 6) is 2.10. The van der Waals surface area contributed by atoms with E-state index in [4.69, 9.17) is 0 Å². The summed E-state index contributed by atoms with van der Waals surface area (Å²) in [4.78, 5) is 13.9. The minimum atomic E-state index is -3.01. The van der Waals surface area contributed by atoms with E-state index in [1.807, 2.05) is 4.90 Å². The molecular formula is C15H26N2O3S. The van der Waals surface area contributed by atoms with Gasteiger partial charge in [0.1, 0.15) is 0 Å². The van der Waals surface area contributed by atoms with Crippen molar-refractivity contribution in [3.05, 3.63) is 0 Å². The van der Waals surface area contributed by atoms with Crippen LogP contribution < -0.4 is 5.32 Å². The smallest absolute Gasteiger partial charge is 0.317 e. The molecule has 3 rings (SSSR count). The molecule has 1 heterocycles. The van der Waals surface area contributed by atoms with Crippen LogP contribution in [0.5, 0.6) is 0 Å². The van der Waals surface area contributed by atoms with Gasteiger partial charge in [-0.15, -0.1) is 0 Å². The van der Waals surface area contributed by atoms with Crippen molar-refractivity contribution in [1.29, 1.82) is 0 Å². The Morgan fingerprint density at radius 1 is 1.05 bits per heavy atom. The molecule has 6 heteroatoms. The van der Waals surface area contributed by atoms with Gasteiger partial charge in [0.25, 0.3) is 0 Å². The molecule has 5 nitrogen and oxygen atoms in total. The van der Waals surface area contributed by atoms with E-state index in [9.17, 15) is 13.2 Å². The van der Waals surface area contributed by atoms with Gasteiger partial charge in [-0.3, -0.25) is 0 Å². The quantitative estimate of drug-likeness (QED) is 0.839. The molecule has 3 aliphatic rings. The highest BCUT2D eigenvalue weighted by molar-refractivity contribution is 7.91. The molecule has 0 aromatic rings. The van der Waals surface area contributed by atoms with Crippen LogP contribution in [0.15, 0.2) is 0 Å². The maximum absolute atomic E-state index is 12.1. The monoisotopic (exact) mass is 314 g/mol. The van der Waals surface area contributed by atoms with Gasteiger partial charge in [-0.25, -0.2) is 13.2 Å². The number of carbonyl (C=O) groups is 1. The van der Waals surface area contributed by atoms with Gasteiger partial charge in [0.05, 0.1) is 11.5 Å². The van der Waals surface area contributed by atoms with Crippen LogP contribution in [0, 0.1) is 17.8 Å². The zero-order valence-corrected chi connectivity index (χ0v) is 13.4. The van der Waals surface area contributed by atoms with E-state index in [2.05, 4.69) is 5.32 Å². The minimum absolute atomic E-state index is 0.0793. The summed E-state index contributed by atoms with van der Waals surface area (Å²) in [7, 11) is -3.01. The van der Waals surface area contributed by atoms with Gasteiger partial charge in [0.15, 0.2) is 9.84 Å². The molecule has 1 N–H and O–H groups in total. The third kappa shape index (κ3) is 3.71. The number of urea groups is 1. The first-order chi connectivity index (χ1) is 10.0. The summed E-state index contributed by atoms with van der Waals surface area (Å²) in [6.45, 7) is 1.95.